The van der Waals surface area contributed by atoms with Crippen LogP contribution < -0.4 is 4.74 Å². The number of carbonyl (C=O) groups is 2. The highest BCUT2D eigenvalue weighted by Crippen LogP contribution is 2.39. The molecule has 3 aromatic rings. The van der Waals surface area contributed by atoms with E-state index in [2.05, 4.69) is 15.9 Å². The zero-order valence-corrected chi connectivity index (χ0v) is 16.2. The number of benzene rings is 3. The van der Waals surface area contributed by atoms with Gasteiger partial charge in [-0.3, -0.25) is 4.79 Å². The minimum absolute atomic E-state index is 0.341. The number of halogens is 1. The molecule has 0 amide bonds. The number of hydrogen-bond acceptors (Lipinski definition) is 4. The topological polar surface area (TPSA) is 52.6 Å². The summed E-state index contributed by atoms with van der Waals surface area (Å²) in [5.74, 6) is -0.590. The van der Waals surface area contributed by atoms with Crippen molar-refractivity contribution in [3.05, 3.63) is 64.1 Å². The van der Waals surface area contributed by atoms with Crippen molar-refractivity contribution >= 4 is 38.6 Å². The lowest BCUT2D eigenvalue weighted by Gasteiger charge is -2.16. The Labute approximate surface area is 159 Å². The first-order chi connectivity index (χ1) is 12.4. The SMILES string of the molecule is COC(=O)c1cc(OC(C)=O)c2ccc(C)cc2c1-c1ccc(Br)cc1. The number of ether oxygens (including phenoxy) is 2. The van der Waals surface area contributed by atoms with Crippen LogP contribution in [0.1, 0.15) is 22.8 Å². The van der Waals surface area contributed by atoms with Crippen LogP contribution in [0.2, 0.25) is 0 Å². The van der Waals surface area contributed by atoms with Gasteiger partial charge in [0.05, 0.1) is 12.7 Å². The largest absolute Gasteiger partial charge is 0.465 e. The molecule has 0 aliphatic heterocycles. The molecule has 0 atom stereocenters. The van der Waals surface area contributed by atoms with Gasteiger partial charge >= 0.3 is 11.9 Å². The predicted octanol–water partition coefficient (Wildman–Crippen LogP) is 5.29. The highest BCUT2D eigenvalue weighted by Gasteiger charge is 2.21. The van der Waals surface area contributed by atoms with Crippen molar-refractivity contribution in [2.45, 2.75) is 13.8 Å². The van der Waals surface area contributed by atoms with Crippen LogP contribution in [0.15, 0.2) is 53.0 Å². The van der Waals surface area contributed by atoms with Gasteiger partial charge in [0.25, 0.3) is 0 Å². The fourth-order valence-electron chi connectivity index (χ4n) is 2.94. The van der Waals surface area contributed by atoms with E-state index in [1.165, 1.54) is 14.0 Å². The predicted molar refractivity (Wildman–Crippen MR) is 104 cm³/mol. The van der Waals surface area contributed by atoms with Crippen molar-refractivity contribution < 1.29 is 19.1 Å². The number of rotatable bonds is 3. The highest BCUT2D eigenvalue weighted by molar-refractivity contribution is 9.10. The summed E-state index contributed by atoms with van der Waals surface area (Å²) in [5.41, 5.74) is 3.01. The molecule has 0 aliphatic rings. The van der Waals surface area contributed by atoms with Crippen LogP contribution in [0.25, 0.3) is 21.9 Å². The number of aryl methyl sites for hydroxylation is 1. The lowest BCUT2D eigenvalue weighted by atomic mass is 9.91. The van der Waals surface area contributed by atoms with Crippen molar-refractivity contribution in [2.75, 3.05) is 7.11 Å². The van der Waals surface area contributed by atoms with Gasteiger partial charge in [-0.15, -0.1) is 0 Å². The molecule has 0 saturated heterocycles. The molecular formula is C21H17BrO4. The molecule has 0 radical (unpaired) electrons. The number of fused-ring (bicyclic) bond motifs is 1. The minimum Gasteiger partial charge on any atom is -0.465 e. The van der Waals surface area contributed by atoms with Gasteiger partial charge < -0.3 is 9.47 Å². The molecule has 3 rings (SSSR count). The second kappa shape index (κ2) is 7.30. The van der Waals surface area contributed by atoms with Crippen LogP contribution >= 0.6 is 15.9 Å². The summed E-state index contributed by atoms with van der Waals surface area (Å²) < 4.78 is 11.3. The third kappa shape index (κ3) is 3.48. The van der Waals surface area contributed by atoms with Crippen molar-refractivity contribution in [1.82, 2.24) is 0 Å². The van der Waals surface area contributed by atoms with Crippen molar-refractivity contribution in [2.24, 2.45) is 0 Å². The molecule has 0 aromatic heterocycles. The lowest BCUT2D eigenvalue weighted by Crippen LogP contribution is -2.08. The number of methoxy groups -OCH3 is 1. The molecule has 0 N–H and O–H groups in total. The Hall–Kier alpha value is -2.66. The first-order valence-corrected chi connectivity index (χ1v) is 8.80. The molecule has 132 valence electrons. The maximum absolute atomic E-state index is 12.5. The van der Waals surface area contributed by atoms with Crippen molar-refractivity contribution in [3.8, 4) is 16.9 Å². The van der Waals surface area contributed by atoms with Gasteiger partial charge in [-0.05, 0) is 36.1 Å². The molecule has 26 heavy (non-hydrogen) atoms. The first kappa shape index (κ1) is 18.1. The molecule has 0 heterocycles. The first-order valence-electron chi connectivity index (χ1n) is 8.00. The molecule has 0 fully saturated rings. The summed E-state index contributed by atoms with van der Waals surface area (Å²) in [6.45, 7) is 3.31. The minimum atomic E-state index is -0.486. The molecule has 3 aromatic carbocycles. The van der Waals surface area contributed by atoms with E-state index in [4.69, 9.17) is 9.47 Å². The van der Waals surface area contributed by atoms with Crippen LogP contribution in [0.4, 0.5) is 0 Å². The summed E-state index contributed by atoms with van der Waals surface area (Å²) in [6.07, 6.45) is 0. The molecular weight excluding hydrogens is 396 g/mol. The third-order valence-electron chi connectivity index (χ3n) is 4.05. The molecule has 4 nitrogen and oxygen atoms in total. The van der Waals surface area contributed by atoms with E-state index < -0.39 is 11.9 Å². The Morgan fingerprint density at radius 3 is 2.27 bits per heavy atom. The van der Waals surface area contributed by atoms with Crippen LogP contribution in [-0.4, -0.2) is 19.0 Å². The van der Waals surface area contributed by atoms with E-state index in [9.17, 15) is 9.59 Å². The van der Waals surface area contributed by atoms with E-state index in [1.807, 2.05) is 49.4 Å². The fourth-order valence-corrected chi connectivity index (χ4v) is 3.21. The van der Waals surface area contributed by atoms with Crippen LogP contribution in [-0.2, 0) is 9.53 Å². The van der Waals surface area contributed by atoms with Crippen molar-refractivity contribution in [3.63, 3.8) is 0 Å². The van der Waals surface area contributed by atoms with Gasteiger partial charge in [-0.25, -0.2) is 4.79 Å². The van der Waals surface area contributed by atoms with Gasteiger partial charge in [0.15, 0.2) is 0 Å². The fraction of sp³-hybridized carbons (Fsp3) is 0.143. The van der Waals surface area contributed by atoms with Gasteiger partial charge in [0.2, 0.25) is 0 Å². The summed E-state index contributed by atoms with van der Waals surface area (Å²) >= 11 is 3.43. The maximum atomic E-state index is 12.5. The number of carbonyl (C=O) groups excluding carboxylic acids is 2. The standard InChI is InChI=1S/C21H17BrO4/c1-12-4-9-16-17(10-12)20(14-5-7-15(22)8-6-14)18(21(24)25-3)11-19(16)26-13(2)23/h4-11H,1-3H3. The molecule has 0 unspecified atom stereocenters. The Balaban J connectivity index is 2.43. The van der Waals surface area contributed by atoms with E-state index in [0.717, 1.165) is 31.9 Å². The van der Waals surface area contributed by atoms with E-state index in [0.29, 0.717) is 11.3 Å². The zero-order chi connectivity index (χ0) is 18.8. The Morgan fingerprint density at radius 1 is 0.962 bits per heavy atom. The van der Waals surface area contributed by atoms with Crippen molar-refractivity contribution in [1.29, 1.82) is 0 Å². The average Bonchev–Trinajstić information content (AvgIpc) is 2.61. The molecule has 5 heteroatoms. The average molecular weight is 413 g/mol. The number of hydrogen-bond donors (Lipinski definition) is 0. The summed E-state index contributed by atoms with van der Waals surface area (Å²) in [7, 11) is 1.33. The maximum Gasteiger partial charge on any atom is 0.338 e. The Kier molecular flexibility index (Phi) is 5.09. The lowest BCUT2D eigenvalue weighted by molar-refractivity contribution is -0.131. The van der Waals surface area contributed by atoms with Crippen LogP contribution in [0.3, 0.4) is 0 Å². The summed E-state index contributed by atoms with van der Waals surface area (Å²) in [6, 6.07) is 15.1. The molecule has 0 saturated carbocycles. The molecule has 0 bridgehead atoms. The normalized spacial score (nSPS) is 10.6. The smallest absolute Gasteiger partial charge is 0.338 e. The summed E-state index contributed by atoms with van der Waals surface area (Å²) in [5, 5.41) is 1.59. The van der Waals surface area contributed by atoms with E-state index in [-0.39, 0.29) is 0 Å². The zero-order valence-electron chi connectivity index (χ0n) is 14.6. The molecule has 0 aliphatic carbocycles. The van der Waals surface area contributed by atoms with Crippen LogP contribution in [0, 0.1) is 6.92 Å². The van der Waals surface area contributed by atoms with E-state index >= 15 is 0 Å². The van der Waals surface area contributed by atoms with Gasteiger partial charge in [0.1, 0.15) is 5.75 Å². The van der Waals surface area contributed by atoms with Gasteiger partial charge in [-0.2, -0.15) is 0 Å². The monoisotopic (exact) mass is 412 g/mol. The second-order valence-electron chi connectivity index (χ2n) is 5.94. The number of esters is 2. The Bertz CT molecular complexity index is 1010. The molecule has 0 spiro atoms. The Morgan fingerprint density at radius 2 is 1.65 bits per heavy atom. The van der Waals surface area contributed by atoms with E-state index in [1.54, 1.807) is 6.07 Å². The van der Waals surface area contributed by atoms with Crippen LogP contribution in [0.5, 0.6) is 5.75 Å². The second-order valence-corrected chi connectivity index (χ2v) is 6.85. The quantitative estimate of drug-likeness (QED) is 0.433. The van der Waals surface area contributed by atoms with Gasteiger partial charge in [0, 0.05) is 22.3 Å². The third-order valence-corrected chi connectivity index (χ3v) is 4.58. The summed E-state index contributed by atoms with van der Waals surface area (Å²) in [4.78, 5) is 24.0. The highest BCUT2D eigenvalue weighted by atomic mass is 79.9. The van der Waals surface area contributed by atoms with Gasteiger partial charge in [-0.1, -0.05) is 51.8 Å².